The van der Waals surface area contributed by atoms with Crippen molar-refractivity contribution >= 4 is 24.1 Å². The van der Waals surface area contributed by atoms with Gasteiger partial charge in [-0.15, -0.1) is 0 Å². The van der Waals surface area contributed by atoms with Gasteiger partial charge in [-0.1, -0.05) is 6.07 Å². The van der Waals surface area contributed by atoms with E-state index in [4.69, 9.17) is 18.9 Å². The van der Waals surface area contributed by atoms with Gasteiger partial charge in [0.15, 0.2) is 11.5 Å². The van der Waals surface area contributed by atoms with Crippen molar-refractivity contribution in [2.75, 3.05) is 6.54 Å². The summed E-state index contributed by atoms with van der Waals surface area (Å²) in [5, 5.41) is 12.6. The van der Waals surface area contributed by atoms with Crippen LogP contribution in [0.3, 0.4) is 0 Å². The highest BCUT2D eigenvalue weighted by Gasteiger charge is 2.29. The van der Waals surface area contributed by atoms with Gasteiger partial charge in [-0.3, -0.25) is 14.4 Å². The van der Waals surface area contributed by atoms with Crippen molar-refractivity contribution in [3.8, 4) is 11.5 Å². The minimum absolute atomic E-state index is 0.0146. The SMILES string of the molecule is CC(CN[C@@H](Cc1ccc(OC(=O)C(C)(C)C)c(OC(=O)C(C)(C)C)c1)C(=O)O)OC(=O)OC(C)(C)C. The second-order valence-corrected chi connectivity index (χ2v) is 12.0. The van der Waals surface area contributed by atoms with E-state index in [1.165, 1.54) is 12.1 Å². The smallest absolute Gasteiger partial charge is 0.480 e. The number of nitrogens with one attached hydrogen (secondary N) is 1. The first-order valence-electron chi connectivity index (χ1n) is 12.1. The minimum atomic E-state index is -1.12. The van der Waals surface area contributed by atoms with Gasteiger partial charge >= 0.3 is 24.1 Å². The van der Waals surface area contributed by atoms with E-state index in [2.05, 4.69) is 5.32 Å². The first-order valence-corrected chi connectivity index (χ1v) is 12.1. The first kappa shape index (κ1) is 31.9. The van der Waals surface area contributed by atoms with Crippen LogP contribution in [0.1, 0.15) is 74.8 Å². The lowest BCUT2D eigenvalue weighted by Crippen LogP contribution is -2.43. The summed E-state index contributed by atoms with van der Waals surface area (Å²) >= 11 is 0. The van der Waals surface area contributed by atoms with Gasteiger partial charge in [0.05, 0.1) is 10.8 Å². The predicted octanol–water partition coefficient (Wildman–Crippen LogP) is 4.52. The zero-order chi connectivity index (χ0) is 28.8. The average Bonchev–Trinajstić information content (AvgIpc) is 2.69. The third-order valence-electron chi connectivity index (χ3n) is 4.71. The maximum Gasteiger partial charge on any atom is 0.509 e. The number of hydrogen-bond acceptors (Lipinski definition) is 9. The molecule has 0 aliphatic rings. The summed E-state index contributed by atoms with van der Waals surface area (Å²) in [6.45, 7) is 16.9. The van der Waals surface area contributed by atoms with Gasteiger partial charge in [0, 0.05) is 6.54 Å². The highest BCUT2D eigenvalue weighted by Crippen LogP contribution is 2.33. The van der Waals surface area contributed by atoms with E-state index in [-0.39, 0.29) is 24.5 Å². The molecule has 2 atom stereocenters. The fourth-order valence-corrected chi connectivity index (χ4v) is 2.62. The third kappa shape index (κ3) is 11.6. The van der Waals surface area contributed by atoms with Gasteiger partial charge in [0.1, 0.15) is 17.7 Å². The van der Waals surface area contributed by atoms with E-state index >= 15 is 0 Å². The van der Waals surface area contributed by atoms with Crippen molar-refractivity contribution in [2.45, 2.75) is 93.4 Å². The number of carbonyl (C=O) groups is 4. The molecule has 2 N–H and O–H groups in total. The van der Waals surface area contributed by atoms with Crippen molar-refractivity contribution in [1.82, 2.24) is 5.32 Å². The van der Waals surface area contributed by atoms with E-state index in [1.54, 1.807) is 75.3 Å². The lowest BCUT2D eigenvalue weighted by Gasteiger charge is -2.23. The Kier molecular flexibility index (Phi) is 10.7. The molecule has 10 heteroatoms. The van der Waals surface area contributed by atoms with Gasteiger partial charge in [0.2, 0.25) is 0 Å². The Hall–Kier alpha value is -3.14. The molecule has 0 saturated carbocycles. The van der Waals surface area contributed by atoms with Gasteiger partial charge < -0.3 is 29.4 Å². The van der Waals surface area contributed by atoms with Crippen LogP contribution >= 0.6 is 0 Å². The van der Waals surface area contributed by atoms with Crippen molar-refractivity contribution < 1.29 is 43.2 Å². The molecule has 0 aromatic heterocycles. The number of rotatable bonds is 9. The second kappa shape index (κ2) is 12.4. The van der Waals surface area contributed by atoms with Crippen LogP contribution in [-0.2, 0) is 30.3 Å². The number of carbonyl (C=O) groups excluding carboxylic acids is 3. The van der Waals surface area contributed by atoms with Gasteiger partial charge in [-0.05, 0) is 93.4 Å². The molecule has 10 nitrogen and oxygen atoms in total. The van der Waals surface area contributed by atoms with Crippen molar-refractivity contribution in [3.63, 3.8) is 0 Å². The average molecular weight is 524 g/mol. The molecule has 0 amide bonds. The highest BCUT2D eigenvalue weighted by atomic mass is 16.7. The zero-order valence-electron chi connectivity index (χ0n) is 23.5. The summed E-state index contributed by atoms with van der Waals surface area (Å²) < 4.78 is 21.3. The summed E-state index contributed by atoms with van der Waals surface area (Å²) in [4.78, 5) is 48.7. The molecular formula is C27H41NO9. The van der Waals surface area contributed by atoms with Gasteiger partial charge in [-0.25, -0.2) is 4.79 Å². The molecule has 1 aromatic carbocycles. The Morgan fingerprint density at radius 2 is 1.38 bits per heavy atom. The Morgan fingerprint density at radius 1 is 0.865 bits per heavy atom. The lowest BCUT2D eigenvalue weighted by molar-refractivity contribution is -0.145. The zero-order valence-corrected chi connectivity index (χ0v) is 23.5. The predicted molar refractivity (Wildman–Crippen MR) is 137 cm³/mol. The number of aliphatic carboxylic acids is 1. The van der Waals surface area contributed by atoms with E-state index in [0.717, 1.165) is 0 Å². The van der Waals surface area contributed by atoms with E-state index < -0.39 is 52.6 Å². The molecule has 37 heavy (non-hydrogen) atoms. The minimum Gasteiger partial charge on any atom is -0.480 e. The van der Waals surface area contributed by atoms with Crippen LogP contribution in [-0.4, -0.2) is 53.5 Å². The summed E-state index contributed by atoms with van der Waals surface area (Å²) in [7, 11) is 0. The monoisotopic (exact) mass is 523 g/mol. The van der Waals surface area contributed by atoms with Crippen molar-refractivity contribution in [3.05, 3.63) is 23.8 Å². The molecule has 0 aliphatic carbocycles. The van der Waals surface area contributed by atoms with Crippen LogP contribution in [0.4, 0.5) is 4.79 Å². The molecule has 0 heterocycles. The maximum absolute atomic E-state index is 12.5. The highest BCUT2D eigenvalue weighted by molar-refractivity contribution is 5.81. The molecule has 1 unspecified atom stereocenters. The molecular weight excluding hydrogens is 482 g/mol. The molecule has 0 aliphatic heterocycles. The molecule has 1 aromatic rings. The normalized spacial score (nSPS) is 13.8. The summed E-state index contributed by atoms with van der Waals surface area (Å²) in [5.41, 5.74) is -1.81. The summed E-state index contributed by atoms with van der Waals surface area (Å²) in [5.74, 6) is -2.11. The Balaban J connectivity index is 3.06. The van der Waals surface area contributed by atoms with Crippen LogP contribution in [0.5, 0.6) is 11.5 Å². The summed E-state index contributed by atoms with van der Waals surface area (Å²) in [6, 6.07) is 3.50. The molecule has 208 valence electrons. The van der Waals surface area contributed by atoms with Crippen LogP contribution in [0.15, 0.2) is 18.2 Å². The van der Waals surface area contributed by atoms with Gasteiger partial charge in [-0.2, -0.15) is 0 Å². The number of ether oxygens (including phenoxy) is 4. The molecule has 1 rings (SSSR count). The van der Waals surface area contributed by atoms with Crippen LogP contribution in [0.2, 0.25) is 0 Å². The Bertz CT molecular complexity index is 981. The number of esters is 2. The first-order chi connectivity index (χ1) is 16.7. The fourth-order valence-electron chi connectivity index (χ4n) is 2.62. The fraction of sp³-hybridized carbons (Fsp3) is 0.630. The Morgan fingerprint density at radius 3 is 1.84 bits per heavy atom. The molecule has 0 bridgehead atoms. The number of hydrogen-bond donors (Lipinski definition) is 2. The summed E-state index contributed by atoms with van der Waals surface area (Å²) in [6.07, 6.45) is -1.49. The molecule has 0 fully saturated rings. The number of benzene rings is 1. The number of carboxylic acid groups (broad SMARTS) is 1. The van der Waals surface area contributed by atoms with E-state index in [1.807, 2.05) is 0 Å². The van der Waals surface area contributed by atoms with Crippen molar-refractivity contribution in [2.24, 2.45) is 10.8 Å². The molecule has 0 radical (unpaired) electrons. The topological polar surface area (TPSA) is 137 Å². The Labute approximate surface area is 219 Å². The van der Waals surface area contributed by atoms with Crippen LogP contribution in [0, 0.1) is 10.8 Å². The lowest BCUT2D eigenvalue weighted by atomic mass is 9.97. The van der Waals surface area contributed by atoms with Crippen LogP contribution in [0.25, 0.3) is 0 Å². The van der Waals surface area contributed by atoms with E-state index in [9.17, 15) is 24.3 Å². The van der Waals surface area contributed by atoms with Crippen LogP contribution < -0.4 is 14.8 Å². The molecule has 0 spiro atoms. The van der Waals surface area contributed by atoms with Gasteiger partial charge in [0.25, 0.3) is 0 Å². The third-order valence-corrected chi connectivity index (χ3v) is 4.71. The molecule has 0 saturated heterocycles. The second-order valence-electron chi connectivity index (χ2n) is 12.0. The maximum atomic E-state index is 12.5. The van der Waals surface area contributed by atoms with E-state index in [0.29, 0.717) is 5.56 Å². The largest absolute Gasteiger partial charge is 0.509 e. The van der Waals surface area contributed by atoms with Crippen molar-refractivity contribution in [1.29, 1.82) is 0 Å². The standard InChI is InChI=1S/C27H41NO9/c1-16(34-24(33)37-27(8,9)10)15-28-18(21(29)30)13-17-11-12-19(35-22(31)25(2,3)4)20(14-17)36-23(32)26(5,6)7/h11-12,14,16,18,28H,13,15H2,1-10H3,(H,29,30)/t16?,18-/m0/s1. The quantitative estimate of drug-likeness (QED) is 0.351. The number of carboxylic acids is 1.